The Morgan fingerprint density at radius 3 is 1.94 bits per heavy atom. The van der Waals surface area contributed by atoms with Gasteiger partial charge in [-0.3, -0.25) is 28.8 Å². The summed E-state index contributed by atoms with van der Waals surface area (Å²) in [7, 11) is 2.74. The number of nitrogens with one attached hydrogen (secondary N) is 3. The number of rotatable bonds is 22. The molecule has 290 valence electrons. The van der Waals surface area contributed by atoms with E-state index in [1.165, 1.54) is 33.5 Å². The molecule has 0 aliphatic heterocycles. The van der Waals surface area contributed by atoms with Crippen LogP contribution >= 0.6 is 0 Å². The van der Waals surface area contributed by atoms with E-state index in [1.54, 1.807) is 13.8 Å². The second-order valence-electron chi connectivity index (χ2n) is 14.1. The third kappa shape index (κ3) is 18.0. The van der Waals surface area contributed by atoms with E-state index in [0.29, 0.717) is 24.3 Å². The minimum absolute atomic E-state index is 0.00994. The predicted octanol–water partition coefficient (Wildman–Crippen LogP) is 3.20. The summed E-state index contributed by atoms with van der Waals surface area (Å²) >= 11 is 0. The maximum Gasteiger partial charge on any atom is 0.334 e. The number of hydrogen-bond acceptors (Lipinski definition) is 8. The van der Waals surface area contributed by atoms with Crippen molar-refractivity contribution in [2.75, 3.05) is 27.2 Å². The molecule has 6 atom stereocenters. The van der Waals surface area contributed by atoms with Crippen LogP contribution in [0, 0.1) is 17.8 Å². The molecule has 0 spiro atoms. The van der Waals surface area contributed by atoms with Gasteiger partial charge in [0.25, 0.3) is 5.91 Å². The fraction of sp³-hybridized carbons (Fsp3) is 0.703. The Morgan fingerprint density at radius 2 is 1.41 bits per heavy atom. The second kappa shape index (κ2) is 23.3. The molecule has 0 rings (SSSR count). The molecule has 0 bridgehead atoms. The van der Waals surface area contributed by atoms with Gasteiger partial charge in [0.05, 0.1) is 13.1 Å². The second-order valence-corrected chi connectivity index (χ2v) is 14.1. The highest BCUT2D eigenvalue weighted by Crippen LogP contribution is 2.18. The SMILES string of the molecule is C/C=C(\C)CC(C)CC/C=C(\C)C(=O)O[C@H](CC(C)C)C(=O)NC(C)C(=O)N(C)CC(=O)N(C)CC(=O)NC(C(=O)N[C@H](C)C(=O)O)C(C)CC. The predicted molar refractivity (Wildman–Crippen MR) is 195 cm³/mol. The van der Waals surface area contributed by atoms with Crippen LogP contribution in [0.5, 0.6) is 0 Å². The Labute approximate surface area is 304 Å². The molecule has 5 amide bonds. The van der Waals surface area contributed by atoms with Gasteiger partial charge in [0, 0.05) is 19.7 Å². The zero-order valence-electron chi connectivity index (χ0n) is 32.8. The van der Waals surface area contributed by atoms with E-state index in [-0.39, 0.29) is 18.3 Å². The lowest BCUT2D eigenvalue weighted by molar-refractivity contribution is -0.154. The van der Waals surface area contributed by atoms with Crippen molar-refractivity contribution in [2.45, 2.75) is 126 Å². The number of hydrogen-bond donors (Lipinski definition) is 4. The number of aliphatic carboxylic acids is 1. The highest BCUT2D eigenvalue weighted by Gasteiger charge is 2.31. The summed E-state index contributed by atoms with van der Waals surface area (Å²) in [6.07, 6.45) is 6.12. The molecule has 0 aromatic heterocycles. The van der Waals surface area contributed by atoms with Gasteiger partial charge >= 0.3 is 11.9 Å². The molecule has 0 aliphatic carbocycles. The van der Waals surface area contributed by atoms with Crippen molar-refractivity contribution < 1.29 is 43.4 Å². The van der Waals surface area contributed by atoms with Gasteiger partial charge in [-0.15, -0.1) is 0 Å². The molecule has 0 fully saturated rings. The van der Waals surface area contributed by atoms with Crippen molar-refractivity contribution in [2.24, 2.45) is 17.8 Å². The van der Waals surface area contributed by atoms with Crippen molar-refractivity contribution in [3.63, 3.8) is 0 Å². The van der Waals surface area contributed by atoms with E-state index in [0.717, 1.165) is 22.6 Å². The minimum atomic E-state index is -1.22. The lowest BCUT2D eigenvalue weighted by atomic mass is 9.97. The molecule has 0 radical (unpaired) electrons. The molecule has 0 aromatic carbocycles. The van der Waals surface area contributed by atoms with Crippen molar-refractivity contribution in [1.29, 1.82) is 0 Å². The molecule has 0 saturated heterocycles. The summed E-state index contributed by atoms with van der Waals surface area (Å²) in [5, 5.41) is 16.6. The molecule has 0 heterocycles. The van der Waals surface area contributed by atoms with Crippen molar-refractivity contribution in [1.82, 2.24) is 25.8 Å². The van der Waals surface area contributed by atoms with Gasteiger partial charge in [-0.1, -0.05) is 58.8 Å². The van der Waals surface area contributed by atoms with Crippen molar-refractivity contribution in [3.8, 4) is 0 Å². The van der Waals surface area contributed by atoms with Crippen LogP contribution in [0.3, 0.4) is 0 Å². The molecule has 14 heteroatoms. The first-order valence-electron chi connectivity index (χ1n) is 17.8. The minimum Gasteiger partial charge on any atom is -0.480 e. The smallest absolute Gasteiger partial charge is 0.334 e. The normalized spacial score (nSPS) is 15.4. The van der Waals surface area contributed by atoms with Crippen LogP contribution < -0.4 is 16.0 Å². The fourth-order valence-corrected chi connectivity index (χ4v) is 4.99. The maximum atomic E-state index is 13.2. The summed E-state index contributed by atoms with van der Waals surface area (Å²) in [6.45, 7) is 17.2. The largest absolute Gasteiger partial charge is 0.480 e. The zero-order chi connectivity index (χ0) is 39.6. The van der Waals surface area contributed by atoms with Crippen LogP contribution in [-0.4, -0.2) is 108 Å². The van der Waals surface area contributed by atoms with E-state index < -0.39 is 78.8 Å². The number of carbonyl (C=O) groups excluding carboxylic acids is 6. The number of carboxylic acids is 1. The lowest BCUT2D eigenvalue weighted by Gasteiger charge is -2.27. The average molecular weight is 722 g/mol. The Morgan fingerprint density at radius 1 is 0.824 bits per heavy atom. The topological polar surface area (TPSA) is 192 Å². The molecule has 0 saturated carbocycles. The van der Waals surface area contributed by atoms with Crippen LogP contribution in [0.25, 0.3) is 0 Å². The van der Waals surface area contributed by atoms with E-state index in [1.807, 2.05) is 33.8 Å². The summed E-state index contributed by atoms with van der Waals surface area (Å²) in [6, 6.07) is -3.24. The maximum absolute atomic E-state index is 13.2. The zero-order valence-corrected chi connectivity index (χ0v) is 32.8. The van der Waals surface area contributed by atoms with Gasteiger partial charge < -0.3 is 35.6 Å². The van der Waals surface area contributed by atoms with Crippen LogP contribution in [0.2, 0.25) is 0 Å². The molecular weight excluding hydrogens is 658 g/mol. The van der Waals surface area contributed by atoms with E-state index in [2.05, 4.69) is 35.9 Å². The van der Waals surface area contributed by atoms with Gasteiger partial charge in [0.15, 0.2) is 6.10 Å². The standard InChI is InChI=1S/C37H63N5O9/c1-13-23(5)19-24(6)16-15-17-26(8)37(50)51-29(18-22(3)4)33(45)38-27(9)35(47)42(12)21-31(44)41(11)20-30(43)40-32(25(7)14-2)34(46)39-28(10)36(48)49/h13,17,22,24-25,27-29,32H,14-16,18-21H2,1-12H3,(H,38,45)(H,39,46)(H,40,43)(H,48,49)/b23-13+,26-17+/t24?,25?,27?,28-,29-,32?/m1/s1. The molecular formula is C37H63N5O9. The Balaban J connectivity index is 5.28. The van der Waals surface area contributed by atoms with E-state index in [9.17, 15) is 33.6 Å². The molecule has 14 nitrogen and oxygen atoms in total. The van der Waals surface area contributed by atoms with Gasteiger partial charge in [-0.25, -0.2) is 4.79 Å². The molecule has 4 unspecified atom stereocenters. The number of ether oxygens (including phenoxy) is 1. The van der Waals surface area contributed by atoms with Crippen molar-refractivity contribution >= 4 is 41.5 Å². The van der Waals surface area contributed by atoms with E-state index >= 15 is 0 Å². The number of carboxylic acid groups (broad SMARTS) is 1. The van der Waals surface area contributed by atoms with Gasteiger partial charge in [-0.2, -0.15) is 0 Å². The summed E-state index contributed by atoms with van der Waals surface area (Å²) in [5.41, 5.74) is 1.72. The Hall–Kier alpha value is -4.23. The number of likely N-dealkylation sites (N-methyl/N-ethyl adjacent to an activating group) is 2. The number of nitrogens with zero attached hydrogens (tertiary/aromatic N) is 2. The van der Waals surface area contributed by atoms with Gasteiger partial charge in [0.2, 0.25) is 23.6 Å². The highest BCUT2D eigenvalue weighted by atomic mass is 16.5. The lowest BCUT2D eigenvalue weighted by Crippen LogP contribution is -2.55. The van der Waals surface area contributed by atoms with Crippen LogP contribution in [-0.2, 0) is 38.3 Å². The Bertz CT molecular complexity index is 1280. The molecule has 51 heavy (non-hydrogen) atoms. The number of carbonyl (C=O) groups is 7. The monoisotopic (exact) mass is 721 g/mol. The molecule has 0 aliphatic rings. The first-order valence-corrected chi connectivity index (χ1v) is 17.8. The van der Waals surface area contributed by atoms with Gasteiger partial charge in [-0.05, 0) is 78.1 Å². The van der Waals surface area contributed by atoms with Gasteiger partial charge in [0.1, 0.15) is 18.1 Å². The number of esters is 1. The summed E-state index contributed by atoms with van der Waals surface area (Å²) in [5.74, 6) is -4.78. The van der Waals surface area contributed by atoms with Crippen LogP contribution in [0.1, 0.15) is 101 Å². The van der Waals surface area contributed by atoms with Crippen LogP contribution in [0.15, 0.2) is 23.3 Å². The summed E-state index contributed by atoms with van der Waals surface area (Å²) < 4.78 is 5.59. The third-order valence-electron chi connectivity index (χ3n) is 8.65. The molecule has 4 N–H and O–H groups in total. The number of allylic oxidation sites excluding steroid dienone is 3. The van der Waals surface area contributed by atoms with Crippen molar-refractivity contribution in [3.05, 3.63) is 23.3 Å². The first-order chi connectivity index (χ1) is 23.6. The van der Waals surface area contributed by atoms with E-state index in [4.69, 9.17) is 9.84 Å². The third-order valence-corrected chi connectivity index (χ3v) is 8.65. The first kappa shape index (κ1) is 46.8. The quantitative estimate of drug-likeness (QED) is 0.0739. The fourth-order valence-electron chi connectivity index (χ4n) is 4.99. The average Bonchev–Trinajstić information content (AvgIpc) is 3.05. The highest BCUT2D eigenvalue weighted by molar-refractivity contribution is 5.95. The molecule has 0 aromatic rings. The number of amides is 5. The van der Waals surface area contributed by atoms with Crippen LogP contribution in [0.4, 0.5) is 0 Å². The Kier molecular flexibility index (Phi) is 21.4. The summed E-state index contributed by atoms with van der Waals surface area (Å²) in [4.78, 5) is 90.9.